The van der Waals surface area contributed by atoms with Gasteiger partial charge < -0.3 is 5.32 Å². The summed E-state index contributed by atoms with van der Waals surface area (Å²) in [4.78, 5) is 17.1. The first-order chi connectivity index (χ1) is 13.2. The normalized spacial score (nSPS) is 11.0. The number of anilines is 1. The van der Waals surface area contributed by atoms with Gasteiger partial charge in [-0.15, -0.1) is 0 Å². The van der Waals surface area contributed by atoms with E-state index in [1.54, 1.807) is 6.07 Å². The van der Waals surface area contributed by atoms with Crippen LogP contribution in [0.4, 0.5) is 9.52 Å². The fourth-order valence-electron chi connectivity index (χ4n) is 3.11. The van der Waals surface area contributed by atoms with E-state index in [2.05, 4.69) is 10.3 Å². The third kappa shape index (κ3) is 4.04. The van der Waals surface area contributed by atoms with Crippen molar-refractivity contribution in [2.75, 3.05) is 5.32 Å². The Hall–Kier alpha value is -3.05. The summed E-state index contributed by atoms with van der Waals surface area (Å²) in [5.74, 6) is -0.469. The van der Waals surface area contributed by atoms with Crippen molar-refractivity contribution >= 4 is 32.6 Å². The molecule has 0 unspecified atom stereocenters. The Morgan fingerprint density at radius 3 is 2.22 bits per heavy atom. The van der Waals surface area contributed by atoms with Crippen LogP contribution in [0, 0.1) is 5.82 Å². The van der Waals surface area contributed by atoms with Crippen LogP contribution in [0.5, 0.6) is 0 Å². The molecule has 0 saturated carbocycles. The maximum atomic E-state index is 13.3. The molecule has 3 nitrogen and oxygen atoms in total. The Morgan fingerprint density at radius 2 is 1.59 bits per heavy atom. The van der Waals surface area contributed by atoms with E-state index < -0.39 is 0 Å². The molecule has 4 rings (SSSR count). The number of halogens is 1. The van der Waals surface area contributed by atoms with Crippen molar-refractivity contribution in [3.63, 3.8) is 0 Å². The molecule has 0 bridgehead atoms. The molecule has 0 fully saturated rings. The van der Waals surface area contributed by atoms with Gasteiger partial charge in [-0.25, -0.2) is 9.37 Å². The highest BCUT2D eigenvalue weighted by Crippen LogP contribution is 2.30. The van der Waals surface area contributed by atoms with Crippen LogP contribution in [-0.4, -0.2) is 10.9 Å². The molecule has 3 aromatic carbocycles. The van der Waals surface area contributed by atoms with Gasteiger partial charge in [-0.1, -0.05) is 72.0 Å². The van der Waals surface area contributed by atoms with E-state index in [9.17, 15) is 9.18 Å². The van der Waals surface area contributed by atoms with Crippen molar-refractivity contribution in [2.45, 2.75) is 12.3 Å². The number of hydrogen-bond donors (Lipinski definition) is 1. The maximum Gasteiger partial charge on any atom is 0.227 e. The fraction of sp³-hybridized carbons (Fsp3) is 0.0909. The minimum absolute atomic E-state index is 0.0424. The first-order valence-electron chi connectivity index (χ1n) is 8.65. The van der Waals surface area contributed by atoms with Crippen LogP contribution in [0.25, 0.3) is 10.2 Å². The molecule has 0 atom stereocenters. The molecule has 0 spiro atoms. The number of carbonyl (C=O) groups excluding carboxylic acids is 1. The van der Waals surface area contributed by atoms with E-state index in [4.69, 9.17) is 0 Å². The van der Waals surface area contributed by atoms with Crippen LogP contribution in [0.1, 0.15) is 23.5 Å². The van der Waals surface area contributed by atoms with E-state index in [1.807, 2.05) is 60.7 Å². The lowest BCUT2D eigenvalue weighted by atomic mass is 9.88. The molecule has 1 amide bonds. The minimum Gasteiger partial charge on any atom is -0.302 e. The number of fused-ring (bicyclic) bond motifs is 1. The van der Waals surface area contributed by atoms with E-state index in [1.165, 1.54) is 23.5 Å². The highest BCUT2D eigenvalue weighted by Gasteiger charge is 2.19. The SMILES string of the molecule is O=C(CC(c1ccccc1)c1ccccc1)Nc1nc2ccc(F)cc2s1. The summed E-state index contributed by atoms with van der Waals surface area (Å²) in [6, 6.07) is 24.4. The Kier molecular flexibility index (Phi) is 4.94. The molecule has 1 heterocycles. The first-order valence-corrected chi connectivity index (χ1v) is 9.46. The third-order valence-corrected chi connectivity index (χ3v) is 5.32. The summed E-state index contributed by atoms with van der Waals surface area (Å²) in [5, 5.41) is 3.35. The number of amides is 1. The second kappa shape index (κ2) is 7.68. The van der Waals surface area contributed by atoms with Crippen molar-refractivity contribution in [3.05, 3.63) is 95.8 Å². The monoisotopic (exact) mass is 376 g/mol. The van der Waals surface area contributed by atoms with Crippen molar-refractivity contribution in [1.29, 1.82) is 0 Å². The molecule has 0 aliphatic carbocycles. The molecule has 134 valence electrons. The lowest BCUT2D eigenvalue weighted by Gasteiger charge is -2.17. The second-order valence-corrected chi connectivity index (χ2v) is 7.29. The van der Waals surface area contributed by atoms with E-state index >= 15 is 0 Å². The number of rotatable bonds is 5. The number of carbonyl (C=O) groups is 1. The summed E-state index contributed by atoms with van der Waals surface area (Å²) in [6.07, 6.45) is 0.304. The van der Waals surface area contributed by atoms with Crippen molar-refractivity contribution in [2.24, 2.45) is 0 Å². The molecular formula is C22H17FN2OS. The van der Waals surface area contributed by atoms with Gasteiger partial charge in [0.1, 0.15) is 5.82 Å². The van der Waals surface area contributed by atoms with Gasteiger partial charge in [0.15, 0.2) is 5.13 Å². The zero-order valence-corrected chi connectivity index (χ0v) is 15.2. The van der Waals surface area contributed by atoms with E-state index in [-0.39, 0.29) is 17.6 Å². The molecule has 0 radical (unpaired) electrons. The first kappa shape index (κ1) is 17.4. The lowest BCUT2D eigenvalue weighted by molar-refractivity contribution is -0.116. The van der Waals surface area contributed by atoms with Gasteiger partial charge in [-0.05, 0) is 29.3 Å². The Labute approximate surface area is 160 Å². The Balaban J connectivity index is 1.56. The molecule has 1 aromatic heterocycles. The Bertz CT molecular complexity index is 1020. The summed E-state index contributed by atoms with van der Waals surface area (Å²) in [7, 11) is 0. The van der Waals surface area contributed by atoms with Crippen molar-refractivity contribution in [1.82, 2.24) is 4.98 Å². The number of benzene rings is 3. The summed E-state index contributed by atoms with van der Waals surface area (Å²) in [6.45, 7) is 0. The summed E-state index contributed by atoms with van der Waals surface area (Å²) >= 11 is 1.28. The highest BCUT2D eigenvalue weighted by molar-refractivity contribution is 7.22. The fourth-order valence-corrected chi connectivity index (χ4v) is 4.01. The third-order valence-electron chi connectivity index (χ3n) is 4.39. The molecule has 0 aliphatic rings. The van der Waals surface area contributed by atoms with E-state index in [0.717, 1.165) is 11.1 Å². The smallest absolute Gasteiger partial charge is 0.227 e. The highest BCUT2D eigenvalue weighted by atomic mass is 32.1. The molecule has 4 aromatic rings. The van der Waals surface area contributed by atoms with Gasteiger partial charge in [0.25, 0.3) is 0 Å². The van der Waals surface area contributed by atoms with Crippen LogP contribution in [0.3, 0.4) is 0 Å². The minimum atomic E-state index is -0.308. The van der Waals surface area contributed by atoms with Gasteiger partial charge in [0.2, 0.25) is 5.91 Å². The summed E-state index contributed by atoms with van der Waals surface area (Å²) < 4.78 is 14.1. The Morgan fingerprint density at radius 1 is 0.963 bits per heavy atom. The quantitative estimate of drug-likeness (QED) is 0.493. The average Bonchev–Trinajstić information content (AvgIpc) is 3.08. The molecule has 1 N–H and O–H groups in total. The van der Waals surface area contributed by atoms with Crippen LogP contribution in [-0.2, 0) is 4.79 Å². The van der Waals surface area contributed by atoms with Crippen LogP contribution in [0.15, 0.2) is 78.9 Å². The number of aromatic nitrogens is 1. The molecule has 5 heteroatoms. The topological polar surface area (TPSA) is 42.0 Å². The predicted octanol–water partition coefficient (Wildman–Crippen LogP) is 5.60. The number of nitrogens with zero attached hydrogens (tertiary/aromatic N) is 1. The molecule has 0 saturated heterocycles. The number of nitrogens with one attached hydrogen (secondary N) is 1. The molecule has 27 heavy (non-hydrogen) atoms. The maximum absolute atomic E-state index is 13.3. The zero-order chi connectivity index (χ0) is 18.6. The van der Waals surface area contributed by atoms with Gasteiger partial charge >= 0.3 is 0 Å². The van der Waals surface area contributed by atoms with Crippen molar-refractivity contribution in [3.8, 4) is 0 Å². The zero-order valence-electron chi connectivity index (χ0n) is 14.4. The van der Waals surface area contributed by atoms with Crippen molar-refractivity contribution < 1.29 is 9.18 Å². The lowest BCUT2D eigenvalue weighted by Crippen LogP contribution is -2.16. The van der Waals surface area contributed by atoms with Gasteiger partial charge in [0, 0.05) is 12.3 Å². The summed E-state index contributed by atoms with van der Waals surface area (Å²) in [5.41, 5.74) is 2.86. The van der Waals surface area contributed by atoms with Gasteiger partial charge in [-0.3, -0.25) is 4.79 Å². The second-order valence-electron chi connectivity index (χ2n) is 6.26. The number of thiazole rings is 1. The van der Waals surface area contributed by atoms with Crippen LogP contribution in [0.2, 0.25) is 0 Å². The molecular weight excluding hydrogens is 359 g/mol. The molecule has 0 aliphatic heterocycles. The predicted molar refractivity (Wildman–Crippen MR) is 108 cm³/mol. The largest absolute Gasteiger partial charge is 0.302 e. The average molecular weight is 376 g/mol. The van der Waals surface area contributed by atoms with Gasteiger partial charge in [0.05, 0.1) is 10.2 Å². The van der Waals surface area contributed by atoms with E-state index in [0.29, 0.717) is 21.8 Å². The number of hydrogen-bond acceptors (Lipinski definition) is 3. The van der Waals surface area contributed by atoms with Gasteiger partial charge in [-0.2, -0.15) is 0 Å². The standard InChI is InChI=1S/C22H17FN2OS/c23-17-11-12-19-20(13-17)27-22(24-19)25-21(26)14-18(15-7-3-1-4-8-15)16-9-5-2-6-10-16/h1-13,18H,14H2,(H,24,25,26). The van der Waals surface area contributed by atoms with Crippen LogP contribution >= 0.6 is 11.3 Å². The van der Waals surface area contributed by atoms with Crippen LogP contribution < -0.4 is 5.32 Å².